The van der Waals surface area contributed by atoms with E-state index in [1.54, 1.807) is 6.07 Å². The van der Waals surface area contributed by atoms with E-state index in [1.807, 2.05) is 27.0 Å². The van der Waals surface area contributed by atoms with Gasteiger partial charge in [0.15, 0.2) is 0 Å². The van der Waals surface area contributed by atoms with Gasteiger partial charge in [0.05, 0.1) is 6.04 Å². The monoisotopic (exact) mass is 271 g/mol. The van der Waals surface area contributed by atoms with Gasteiger partial charge in [-0.25, -0.2) is 4.39 Å². The van der Waals surface area contributed by atoms with Gasteiger partial charge in [-0.2, -0.15) is 0 Å². The van der Waals surface area contributed by atoms with Crippen molar-refractivity contribution in [3.05, 3.63) is 69.5 Å². The summed E-state index contributed by atoms with van der Waals surface area (Å²) >= 11 is 0. The van der Waals surface area contributed by atoms with Crippen LogP contribution in [0.25, 0.3) is 0 Å². The van der Waals surface area contributed by atoms with E-state index < -0.39 is 0 Å². The van der Waals surface area contributed by atoms with Crippen LogP contribution in [0.3, 0.4) is 0 Å². The number of hydrogen-bond acceptors (Lipinski definition) is 1. The molecule has 0 fully saturated rings. The minimum absolute atomic E-state index is 0.115. The smallest absolute Gasteiger partial charge is 0.128 e. The Labute approximate surface area is 120 Å². The molecule has 2 aromatic rings. The Balaban J connectivity index is 2.58. The summed E-state index contributed by atoms with van der Waals surface area (Å²) in [4.78, 5) is 0. The molecule has 2 aromatic carbocycles. The molecule has 1 nitrogen and oxygen atoms in total. The summed E-state index contributed by atoms with van der Waals surface area (Å²) in [5, 5.41) is 3.26. The van der Waals surface area contributed by atoms with Crippen LogP contribution >= 0.6 is 0 Å². The predicted molar refractivity (Wildman–Crippen MR) is 82.7 cm³/mol. The van der Waals surface area contributed by atoms with Crippen molar-refractivity contribution < 1.29 is 4.39 Å². The molecule has 0 saturated carbocycles. The van der Waals surface area contributed by atoms with Crippen molar-refractivity contribution in [3.63, 3.8) is 0 Å². The second-order valence-corrected chi connectivity index (χ2v) is 5.56. The largest absolute Gasteiger partial charge is 0.309 e. The molecule has 0 saturated heterocycles. The Morgan fingerprint density at radius 1 is 0.900 bits per heavy atom. The summed E-state index contributed by atoms with van der Waals surface area (Å²) in [6, 6.07) is 9.83. The summed E-state index contributed by atoms with van der Waals surface area (Å²) in [7, 11) is 1.88. The highest BCUT2D eigenvalue weighted by molar-refractivity contribution is 5.43. The highest BCUT2D eigenvalue weighted by atomic mass is 19.1. The summed E-state index contributed by atoms with van der Waals surface area (Å²) in [6.07, 6.45) is 0. The van der Waals surface area contributed by atoms with Crippen molar-refractivity contribution in [2.24, 2.45) is 0 Å². The second-order valence-electron chi connectivity index (χ2n) is 5.56. The zero-order chi connectivity index (χ0) is 14.9. The third-order valence-corrected chi connectivity index (χ3v) is 3.79. The van der Waals surface area contributed by atoms with Gasteiger partial charge in [0, 0.05) is 5.56 Å². The Hall–Kier alpha value is -1.67. The third-order valence-electron chi connectivity index (χ3n) is 3.79. The van der Waals surface area contributed by atoms with Gasteiger partial charge in [0.1, 0.15) is 5.82 Å². The molecular formula is C18H22FN. The first kappa shape index (κ1) is 14.7. The molecule has 20 heavy (non-hydrogen) atoms. The number of halogens is 1. The van der Waals surface area contributed by atoms with Gasteiger partial charge in [0.25, 0.3) is 0 Å². The average molecular weight is 271 g/mol. The van der Waals surface area contributed by atoms with Crippen LogP contribution in [0.2, 0.25) is 0 Å². The van der Waals surface area contributed by atoms with E-state index in [-0.39, 0.29) is 11.9 Å². The molecule has 1 N–H and O–H groups in total. The van der Waals surface area contributed by atoms with Crippen LogP contribution in [0, 0.1) is 33.5 Å². The van der Waals surface area contributed by atoms with Crippen molar-refractivity contribution in [2.75, 3.05) is 7.05 Å². The van der Waals surface area contributed by atoms with Crippen LogP contribution in [-0.4, -0.2) is 7.05 Å². The molecular weight excluding hydrogens is 249 g/mol. The molecule has 0 aliphatic heterocycles. The Morgan fingerprint density at radius 3 is 2.10 bits per heavy atom. The zero-order valence-electron chi connectivity index (χ0n) is 12.8. The lowest BCUT2D eigenvalue weighted by atomic mass is 9.90. The predicted octanol–water partition coefficient (Wildman–Crippen LogP) is 4.37. The number of nitrogens with one attached hydrogen (secondary N) is 1. The van der Waals surface area contributed by atoms with E-state index in [0.29, 0.717) is 0 Å². The van der Waals surface area contributed by atoms with Gasteiger partial charge in [-0.3, -0.25) is 0 Å². The lowest BCUT2D eigenvalue weighted by Gasteiger charge is -2.22. The Morgan fingerprint density at radius 2 is 1.55 bits per heavy atom. The maximum atomic E-state index is 14.4. The molecule has 0 heterocycles. The number of benzene rings is 2. The zero-order valence-corrected chi connectivity index (χ0v) is 12.8. The van der Waals surface area contributed by atoms with E-state index in [9.17, 15) is 4.39 Å². The molecule has 0 aromatic heterocycles. The molecule has 0 aliphatic rings. The first-order chi connectivity index (χ1) is 9.43. The van der Waals surface area contributed by atoms with Crippen molar-refractivity contribution in [1.29, 1.82) is 0 Å². The molecule has 0 aliphatic carbocycles. The van der Waals surface area contributed by atoms with E-state index in [1.165, 1.54) is 11.1 Å². The minimum Gasteiger partial charge on any atom is -0.309 e. The summed E-state index contributed by atoms with van der Waals surface area (Å²) in [5.41, 5.74) is 6.22. The van der Waals surface area contributed by atoms with Gasteiger partial charge in [-0.1, -0.05) is 29.8 Å². The Kier molecular flexibility index (Phi) is 4.24. The van der Waals surface area contributed by atoms with E-state index in [2.05, 4.69) is 37.4 Å². The van der Waals surface area contributed by atoms with Gasteiger partial charge < -0.3 is 5.32 Å². The van der Waals surface area contributed by atoms with Crippen molar-refractivity contribution in [2.45, 2.75) is 33.7 Å². The maximum Gasteiger partial charge on any atom is 0.128 e. The van der Waals surface area contributed by atoms with E-state index in [4.69, 9.17) is 0 Å². The molecule has 2 heteroatoms. The van der Waals surface area contributed by atoms with E-state index >= 15 is 0 Å². The molecule has 106 valence electrons. The Bertz CT molecular complexity index is 608. The maximum absolute atomic E-state index is 14.4. The lowest BCUT2D eigenvalue weighted by molar-refractivity contribution is 0.571. The third kappa shape index (κ3) is 2.75. The van der Waals surface area contributed by atoms with Crippen LogP contribution in [-0.2, 0) is 0 Å². The summed E-state index contributed by atoms with van der Waals surface area (Å²) in [5.74, 6) is -0.137. The first-order valence-corrected chi connectivity index (χ1v) is 6.95. The van der Waals surface area contributed by atoms with E-state index in [0.717, 1.165) is 22.3 Å². The van der Waals surface area contributed by atoms with Gasteiger partial charge in [0.2, 0.25) is 0 Å². The molecule has 0 amide bonds. The van der Waals surface area contributed by atoms with Crippen molar-refractivity contribution >= 4 is 0 Å². The second kappa shape index (κ2) is 5.76. The standard InChI is InChI=1S/C18H22FN/c1-11-6-7-15(13(3)8-11)18(20-5)17-14(4)9-12(2)10-16(17)19/h6-10,18,20H,1-5H3. The normalized spacial score (nSPS) is 12.5. The molecule has 0 radical (unpaired) electrons. The van der Waals surface area contributed by atoms with Crippen LogP contribution in [0.5, 0.6) is 0 Å². The van der Waals surface area contributed by atoms with Gasteiger partial charge in [-0.05, 0) is 63.1 Å². The first-order valence-electron chi connectivity index (χ1n) is 6.95. The fourth-order valence-electron chi connectivity index (χ4n) is 2.90. The molecule has 2 rings (SSSR count). The fraction of sp³-hybridized carbons (Fsp3) is 0.333. The topological polar surface area (TPSA) is 12.0 Å². The summed E-state index contributed by atoms with van der Waals surface area (Å²) in [6.45, 7) is 8.04. The van der Waals surface area contributed by atoms with Crippen LogP contribution in [0.1, 0.15) is 39.4 Å². The molecule has 0 spiro atoms. The SMILES string of the molecule is CNC(c1ccc(C)cc1C)c1c(C)cc(C)cc1F. The molecule has 0 bridgehead atoms. The molecule has 1 unspecified atom stereocenters. The molecule has 1 atom stereocenters. The van der Waals surface area contributed by atoms with Gasteiger partial charge in [-0.15, -0.1) is 0 Å². The van der Waals surface area contributed by atoms with Crippen LogP contribution in [0.4, 0.5) is 4.39 Å². The fourth-order valence-corrected chi connectivity index (χ4v) is 2.90. The highest BCUT2D eigenvalue weighted by Gasteiger charge is 2.20. The van der Waals surface area contributed by atoms with Gasteiger partial charge >= 0.3 is 0 Å². The van der Waals surface area contributed by atoms with Crippen LogP contribution in [0.15, 0.2) is 30.3 Å². The number of rotatable bonds is 3. The average Bonchev–Trinajstić information content (AvgIpc) is 2.34. The minimum atomic E-state index is -0.137. The lowest BCUT2D eigenvalue weighted by Crippen LogP contribution is -2.21. The number of hydrogen-bond donors (Lipinski definition) is 1. The van der Waals surface area contributed by atoms with Crippen LogP contribution < -0.4 is 5.32 Å². The van der Waals surface area contributed by atoms with Crippen molar-refractivity contribution in [3.8, 4) is 0 Å². The van der Waals surface area contributed by atoms with Crippen molar-refractivity contribution in [1.82, 2.24) is 5.32 Å². The highest BCUT2D eigenvalue weighted by Crippen LogP contribution is 2.30. The summed E-state index contributed by atoms with van der Waals surface area (Å²) < 4.78 is 14.4. The quantitative estimate of drug-likeness (QED) is 0.874. The number of aryl methyl sites for hydroxylation is 4.